The molecule has 1 heterocycles. The zero-order valence-electron chi connectivity index (χ0n) is 10.2. The van der Waals surface area contributed by atoms with Crippen molar-refractivity contribution >= 4 is 27.3 Å². The van der Waals surface area contributed by atoms with Gasteiger partial charge in [0, 0.05) is 20.8 Å². The second kappa shape index (κ2) is 6.74. The third kappa shape index (κ3) is 3.55. The van der Waals surface area contributed by atoms with Gasteiger partial charge in [-0.3, -0.25) is 4.90 Å². The maximum Gasteiger partial charge on any atom is 0.0591 e. The summed E-state index contributed by atoms with van der Waals surface area (Å²) in [5.41, 5.74) is 6.24. The van der Waals surface area contributed by atoms with Gasteiger partial charge in [-0.1, -0.05) is 13.8 Å². The minimum absolute atomic E-state index is 0.210. The summed E-state index contributed by atoms with van der Waals surface area (Å²) in [5.74, 6) is 0. The highest BCUT2D eigenvalue weighted by Gasteiger charge is 2.23. The lowest BCUT2D eigenvalue weighted by Crippen LogP contribution is -2.38. The Balaban J connectivity index is 2.86. The Labute approximate surface area is 111 Å². The van der Waals surface area contributed by atoms with Crippen LogP contribution in [0.3, 0.4) is 0 Å². The van der Waals surface area contributed by atoms with E-state index in [2.05, 4.69) is 53.2 Å². The van der Waals surface area contributed by atoms with E-state index in [0.29, 0.717) is 6.04 Å². The van der Waals surface area contributed by atoms with Crippen molar-refractivity contribution in [3.05, 3.63) is 20.8 Å². The summed E-state index contributed by atoms with van der Waals surface area (Å²) in [6.07, 6.45) is 2.17. The minimum Gasteiger partial charge on any atom is -0.326 e. The molecule has 1 aromatic rings. The first kappa shape index (κ1) is 14.2. The number of nitrogens with zero attached hydrogens (tertiary/aromatic N) is 1. The molecule has 2 atom stereocenters. The van der Waals surface area contributed by atoms with Gasteiger partial charge < -0.3 is 5.73 Å². The van der Waals surface area contributed by atoms with Crippen molar-refractivity contribution in [3.63, 3.8) is 0 Å². The van der Waals surface area contributed by atoms with Gasteiger partial charge in [-0.25, -0.2) is 0 Å². The third-order valence-electron chi connectivity index (χ3n) is 2.81. The van der Waals surface area contributed by atoms with Crippen molar-refractivity contribution in [2.45, 2.75) is 38.8 Å². The van der Waals surface area contributed by atoms with Crippen LogP contribution in [0.5, 0.6) is 0 Å². The number of rotatable bonds is 6. The van der Waals surface area contributed by atoms with Crippen LogP contribution in [0.25, 0.3) is 0 Å². The molecule has 4 heteroatoms. The van der Waals surface area contributed by atoms with Crippen LogP contribution in [0.15, 0.2) is 15.9 Å². The van der Waals surface area contributed by atoms with Gasteiger partial charge in [0.1, 0.15) is 0 Å². The summed E-state index contributed by atoms with van der Waals surface area (Å²) in [6.45, 7) is 5.45. The second-order valence-electron chi connectivity index (χ2n) is 4.16. The van der Waals surface area contributed by atoms with Gasteiger partial charge in [0.25, 0.3) is 0 Å². The standard InChI is InChI=1S/C12H21BrN2S/c1-4-6-15(3)12(10(14)5-2)11-7-9(13)8-16-11/h7-8,10,12H,4-6,14H2,1-3H3. The summed E-state index contributed by atoms with van der Waals surface area (Å²) in [5, 5.41) is 2.13. The lowest BCUT2D eigenvalue weighted by molar-refractivity contribution is 0.213. The van der Waals surface area contributed by atoms with E-state index in [1.807, 2.05) is 0 Å². The van der Waals surface area contributed by atoms with Crippen LogP contribution in [0, 0.1) is 0 Å². The predicted molar refractivity (Wildman–Crippen MR) is 75.9 cm³/mol. The van der Waals surface area contributed by atoms with Gasteiger partial charge in [-0.2, -0.15) is 0 Å². The number of halogens is 1. The van der Waals surface area contributed by atoms with E-state index < -0.39 is 0 Å². The predicted octanol–water partition coefficient (Wildman–Crippen LogP) is 3.63. The summed E-state index contributed by atoms with van der Waals surface area (Å²) >= 11 is 5.30. The van der Waals surface area contributed by atoms with E-state index >= 15 is 0 Å². The fourth-order valence-corrected chi connectivity index (χ4v) is 3.64. The first-order chi connectivity index (χ1) is 7.60. The summed E-state index contributed by atoms with van der Waals surface area (Å²) in [4.78, 5) is 3.73. The Bertz CT molecular complexity index is 314. The average molecular weight is 305 g/mol. The number of thiophene rings is 1. The van der Waals surface area contributed by atoms with Crippen molar-refractivity contribution in [1.82, 2.24) is 4.90 Å². The van der Waals surface area contributed by atoms with E-state index in [4.69, 9.17) is 5.73 Å². The van der Waals surface area contributed by atoms with Gasteiger partial charge in [0.05, 0.1) is 6.04 Å². The summed E-state index contributed by atoms with van der Waals surface area (Å²) in [7, 11) is 2.16. The molecule has 0 fully saturated rings. The van der Waals surface area contributed by atoms with E-state index in [1.54, 1.807) is 11.3 Å². The molecule has 0 aromatic carbocycles. The molecule has 0 aliphatic heterocycles. The smallest absolute Gasteiger partial charge is 0.0591 e. The fourth-order valence-electron chi connectivity index (χ4n) is 1.95. The molecular formula is C12H21BrN2S. The van der Waals surface area contributed by atoms with Crippen LogP contribution in [0.2, 0.25) is 0 Å². The molecule has 2 unspecified atom stereocenters. The Morgan fingerprint density at radius 1 is 1.50 bits per heavy atom. The van der Waals surface area contributed by atoms with E-state index in [9.17, 15) is 0 Å². The monoisotopic (exact) mass is 304 g/mol. The molecule has 0 aliphatic carbocycles. The summed E-state index contributed by atoms with van der Waals surface area (Å²) in [6, 6.07) is 2.75. The quantitative estimate of drug-likeness (QED) is 0.869. The average Bonchev–Trinajstić information content (AvgIpc) is 2.65. The molecule has 0 radical (unpaired) electrons. The van der Waals surface area contributed by atoms with Crippen LogP contribution in [0.4, 0.5) is 0 Å². The van der Waals surface area contributed by atoms with Crippen molar-refractivity contribution in [1.29, 1.82) is 0 Å². The van der Waals surface area contributed by atoms with Crippen LogP contribution in [0.1, 0.15) is 37.6 Å². The minimum atomic E-state index is 0.210. The van der Waals surface area contributed by atoms with Crippen LogP contribution in [-0.4, -0.2) is 24.5 Å². The van der Waals surface area contributed by atoms with Gasteiger partial charge >= 0.3 is 0 Å². The van der Waals surface area contributed by atoms with Gasteiger partial charge in [0.2, 0.25) is 0 Å². The lowest BCUT2D eigenvalue weighted by atomic mass is 10.0. The summed E-state index contributed by atoms with van der Waals surface area (Å²) < 4.78 is 1.16. The first-order valence-corrected chi connectivity index (χ1v) is 7.47. The largest absolute Gasteiger partial charge is 0.326 e. The molecule has 0 spiro atoms. The highest BCUT2D eigenvalue weighted by atomic mass is 79.9. The molecule has 16 heavy (non-hydrogen) atoms. The number of hydrogen-bond acceptors (Lipinski definition) is 3. The molecule has 2 nitrogen and oxygen atoms in total. The van der Waals surface area contributed by atoms with Crippen molar-refractivity contribution in [2.75, 3.05) is 13.6 Å². The molecule has 0 amide bonds. The Morgan fingerprint density at radius 2 is 2.19 bits per heavy atom. The molecule has 92 valence electrons. The van der Waals surface area contributed by atoms with Crippen LogP contribution in [-0.2, 0) is 0 Å². The van der Waals surface area contributed by atoms with Gasteiger partial charge in [-0.15, -0.1) is 11.3 Å². The van der Waals surface area contributed by atoms with E-state index in [1.165, 1.54) is 4.88 Å². The molecule has 2 N–H and O–H groups in total. The van der Waals surface area contributed by atoms with Crippen molar-refractivity contribution in [3.8, 4) is 0 Å². The third-order valence-corrected chi connectivity index (χ3v) is 4.57. The van der Waals surface area contributed by atoms with Gasteiger partial charge in [0.15, 0.2) is 0 Å². The Morgan fingerprint density at radius 3 is 2.62 bits per heavy atom. The maximum atomic E-state index is 6.24. The molecule has 1 rings (SSSR count). The SMILES string of the molecule is CCCN(C)C(c1cc(Br)cs1)C(N)CC. The van der Waals surface area contributed by atoms with E-state index in [-0.39, 0.29) is 6.04 Å². The molecular weight excluding hydrogens is 284 g/mol. The zero-order chi connectivity index (χ0) is 12.1. The molecule has 0 saturated carbocycles. The van der Waals surface area contributed by atoms with Crippen molar-refractivity contribution < 1.29 is 0 Å². The van der Waals surface area contributed by atoms with Crippen LogP contribution >= 0.6 is 27.3 Å². The zero-order valence-corrected chi connectivity index (χ0v) is 12.6. The fraction of sp³-hybridized carbons (Fsp3) is 0.667. The molecule has 0 saturated heterocycles. The molecule has 0 aliphatic rings. The number of likely N-dealkylation sites (N-methyl/N-ethyl adjacent to an activating group) is 1. The molecule has 1 aromatic heterocycles. The van der Waals surface area contributed by atoms with E-state index in [0.717, 1.165) is 23.9 Å². The second-order valence-corrected chi connectivity index (χ2v) is 6.02. The van der Waals surface area contributed by atoms with Gasteiger partial charge in [-0.05, 0) is 48.4 Å². The lowest BCUT2D eigenvalue weighted by Gasteiger charge is -2.31. The Kier molecular flexibility index (Phi) is 5.97. The number of hydrogen-bond donors (Lipinski definition) is 1. The van der Waals surface area contributed by atoms with Crippen molar-refractivity contribution in [2.24, 2.45) is 5.73 Å². The topological polar surface area (TPSA) is 29.3 Å². The maximum absolute atomic E-state index is 6.24. The normalized spacial score (nSPS) is 15.4. The molecule has 0 bridgehead atoms. The first-order valence-electron chi connectivity index (χ1n) is 5.79. The highest BCUT2D eigenvalue weighted by molar-refractivity contribution is 9.10. The Hall–Kier alpha value is 0.1000. The highest BCUT2D eigenvalue weighted by Crippen LogP contribution is 2.31. The number of nitrogens with two attached hydrogens (primary N) is 1. The van der Waals surface area contributed by atoms with Crippen LogP contribution < -0.4 is 5.73 Å².